The predicted octanol–water partition coefficient (Wildman–Crippen LogP) is 4.04. The van der Waals surface area contributed by atoms with E-state index < -0.39 is 0 Å². The summed E-state index contributed by atoms with van der Waals surface area (Å²) in [4.78, 5) is 21.3. The van der Waals surface area contributed by atoms with Crippen LogP contribution in [0, 0.1) is 0 Å². The largest absolute Gasteiger partial charge is 0.497 e. The minimum absolute atomic E-state index is 0.269. The molecule has 122 valence electrons. The van der Waals surface area contributed by atoms with Crippen LogP contribution in [0.1, 0.15) is 10.5 Å². The van der Waals surface area contributed by atoms with Crippen LogP contribution in [0.15, 0.2) is 66.9 Å². The quantitative estimate of drug-likeness (QED) is 0.616. The van der Waals surface area contributed by atoms with E-state index in [1.807, 2.05) is 54.6 Å². The second-order valence-electron chi connectivity index (χ2n) is 5.63. The Kier molecular flexibility index (Phi) is 3.74. The van der Waals surface area contributed by atoms with Gasteiger partial charge in [-0.1, -0.05) is 24.3 Å². The molecule has 2 heterocycles. The van der Waals surface area contributed by atoms with Gasteiger partial charge in [0.15, 0.2) is 0 Å². The smallest absolute Gasteiger partial charge is 0.274 e. The first-order chi connectivity index (χ1) is 12.2. The molecule has 0 saturated heterocycles. The van der Waals surface area contributed by atoms with E-state index in [1.54, 1.807) is 19.4 Å². The summed E-state index contributed by atoms with van der Waals surface area (Å²) in [6.07, 6.45) is 1.64. The first-order valence-corrected chi connectivity index (χ1v) is 7.84. The van der Waals surface area contributed by atoms with Gasteiger partial charge >= 0.3 is 0 Å². The Balaban J connectivity index is 1.62. The Morgan fingerprint density at radius 2 is 1.80 bits per heavy atom. The number of aromatic nitrogens is 2. The Morgan fingerprint density at radius 3 is 2.68 bits per heavy atom. The van der Waals surface area contributed by atoms with Gasteiger partial charge in [0.1, 0.15) is 11.4 Å². The molecular formula is C20H15N3O2. The lowest BCUT2D eigenvalue weighted by Crippen LogP contribution is -2.13. The fourth-order valence-electron chi connectivity index (χ4n) is 2.69. The fourth-order valence-corrected chi connectivity index (χ4v) is 2.69. The maximum atomic E-state index is 12.5. The molecule has 0 fully saturated rings. The maximum Gasteiger partial charge on any atom is 0.274 e. The van der Waals surface area contributed by atoms with Gasteiger partial charge in [-0.05, 0) is 36.4 Å². The first-order valence-electron chi connectivity index (χ1n) is 7.84. The highest BCUT2D eigenvalue weighted by molar-refractivity contribution is 6.04. The number of ether oxygens (including phenoxy) is 1. The van der Waals surface area contributed by atoms with Crippen molar-refractivity contribution in [1.82, 2.24) is 9.97 Å². The molecule has 0 bridgehead atoms. The first kappa shape index (κ1) is 15.1. The number of carbonyl (C=O) groups excluding carboxylic acids is 1. The number of fused-ring (bicyclic) bond motifs is 2. The van der Waals surface area contributed by atoms with Gasteiger partial charge in [-0.25, -0.2) is 4.98 Å². The van der Waals surface area contributed by atoms with Crippen molar-refractivity contribution >= 4 is 33.4 Å². The summed E-state index contributed by atoms with van der Waals surface area (Å²) in [5.74, 6) is 0.489. The van der Waals surface area contributed by atoms with Gasteiger partial charge in [0, 0.05) is 10.8 Å². The van der Waals surface area contributed by atoms with E-state index in [0.717, 1.165) is 27.6 Å². The number of nitrogens with one attached hydrogen (secondary N) is 1. The Hall–Kier alpha value is -3.47. The molecule has 0 aliphatic rings. The van der Waals surface area contributed by atoms with E-state index in [4.69, 9.17) is 4.74 Å². The summed E-state index contributed by atoms with van der Waals surface area (Å²) in [5, 5.41) is 4.74. The van der Waals surface area contributed by atoms with Crippen LogP contribution < -0.4 is 10.1 Å². The Morgan fingerprint density at radius 1 is 0.960 bits per heavy atom. The summed E-state index contributed by atoms with van der Waals surface area (Å²) in [7, 11) is 1.62. The molecule has 5 nitrogen and oxygen atoms in total. The Labute approximate surface area is 144 Å². The monoisotopic (exact) mass is 329 g/mol. The van der Waals surface area contributed by atoms with Gasteiger partial charge in [-0.2, -0.15) is 0 Å². The van der Waals surface area contributed by atoms with E-state index in [0.29, 0.717) is 11.4 Å². The Bertz CT molecular complexity index is 1090. The summed E-state index contributed by atoms with van der Waals surface area (Å²) >= 11 is 0. The maximum absolute atomic E-state index is 12.5. The molecule has 0 unspecified atom stereocenters. The molecular weight excluding hydrogens is 314 g/mol. The van der Waals surface area contributed by atoms with Crippen LogP contribution in [-0.2, 0) is 0 Å². The van der Waals surface area contributed by atoms with Crippen LogP contribution in [0.2, 0.25) is 0 Å². The van der Waals surface area contributed by atoms with Crippen LogP contribution in [0.4, 0.5) is 5.69 Å². The van der Waals surface area contributed by atoms with Crippen molar-refractivity contribution in [2.24, 2.45) is 0 Å². The normalized spacial score (nSPS) is 10.8. The van der Waals surface area contributed by atoms with Crippen LogP contribution in [0.3, 0.4) is 0 Å². The summed E-state index contributed by atoms with van der Waals surface area (Å²) in [6.45, 7) is 0. The van der Waals surface area contributed by atoms with Crippen molar-refractivity contribution in [3.05, 3.63) is 72.6 Å². The number of methoxy groups -OCH3 is 1. The molecule has 2 aromatic carbocycles. The number of hydrogen-bond acceptors (Lipinski definition) is 4. The minimum Gasteiger partial charge on any atom is -0.497 e. The zero-order chi connectivity index (χ0) is 17.2. The topological polar surface area (TPSA) is 64.1 Å². The van der Waals surface area contributed by atoms with Gasteiger partial charge in [-0.15, -0.1) is 0 Å². The van der Waals surface area contributed by atoms with Crippen molar-refractivity contribution < 1.29 is 9.53 Å². The number of amides is 1. The number of pyridine rings is 2. The molecule has 0 spiro atoms. The highest BCUT2D eigenvalue weighted by Gasteiger charge is 2.10. The zero-order valence-electron chi connectivity index (χ0n) is 13.6. The third-order valence-electron chi connectivity index (χ3n) is 3.98. The number of carbonyl (C=O) groups is 1. The second-order valence-corrected chi connectivity index (χ2v) is 5.63. The minimum atomic E-state index is -0.269. The van der Waals surface area contributed by atoms with Gasteiger partial charge < -0.3 is 10.1 Å². The highest BCUT2D eigenvalue weighted by atomic mass is 16.5. The van der Waals surface area contributed by atoms with Gasteiger partial charge in [0.2, 0.25) is 0 Å². The average molecular weight is 329 g/mol. The lowest BCUT2D eigenvalue weighted by molar-refractivity contribution is 0.102. The predicted molar refractivity (Wildman–Crippen MR) is 98.0 cm³/mol. The molecule has 0 aliphatic carbocycles. The van der Waals surface area contributed by atoms with E-state index >= 15 is 0 Å². The molecule has 4 aromatic rings. The fraction of sp³-hybridized carbons (Fsp3) is 0.0500. The number of para-hydroxylation sites is 1. The molecule has 1 amide bonds. The summed E-state index contributed by atoms with van der Waals surface area (Å²) in [5.41, 5.74) is 2.62. The lowest BCUT2D eigenvalue weighted by Gasteiger charge is -2.07. The van der Waals surface area contributed by atoms with Gasteiger partial charge in [0.05, 0.1) is 30.0 Å². The van der Waals surface area contributed by atoms with Crippen molar-refractivity contribution in [3.8, 4) is 5.75 Å². The van der Waals surface area contributed by atoms with Crippen molar-refractivity contribution in [2.75, 3.05) is 12.4 Å². The molecule has 2 aromatic heterocycles. The second kappa shape index (κ2) is 6.20. The molecule has 0 aliphatic heterocycles. The van der Waals surface area contributed by atoms with Crippen LogP contribution in [0.25, 0.3) is 21.8 Å². The van der Waals surface area contributed by atoms with E-state index in [9.17, 15) is 4.79 Å². The van der Waals surface area contributed by atoms with E-state index in [2.05, 4.69) is 15.3 Å². The van der Waals surface area contributed by atoms with Gasteiger partial charge in [-0.3, -0.25) is 9.78 Å². The van der Waals surface area contributed by atoms with Crippen molar-refractivity contribution in [3.63, 3.8) is 0 Å². The number of rotatable bonds is 3. The van der Waals surface area contributed by atoms with Gasteiger partial charge in [0.25, 0.3) is 5.91 Å². The lowest BCUT2D eigenvalue weighted by atomic mass is 10.2. The van der Waals surface area contributed by atoms with Crippen LogP contribution in [0.5, 0.6) is 5.75 Å². The molecule has 4 rings (SSSR count). The number of benzene rings is 2. The molecule has 25 heavy (non-hydrogen) atoms. The summed E-state index contributed by atoms with van der Waals surface area (Å²) in [6, 6.07) is 18.8. The molecule has 1 N–H and O–H groups in total. The van der Waals surface area contributed by atoms with E-state index in [1.165, 1.54) is 0 Å². The average Bonchev–Trinajstić information content (AvgIpc) is 2.67. The number of anilines is 1. The molecule has 5 heteroatoms. The summed E-state index contributed by atoms with van der Waals surface area (Å²) < 4.78 is 5.20. The molecule has 0 atom stereocenters. The third kappa shape index (κ3) is 2.99. The number of hydrogen-bond donors (Lipinski definition) is 1. The van der Waals surface area contributed by atoms with E-state index in [-0.39, 0.29) is 5.91 Å². The van der Waals surface area contributed by atoms with Crippen molar-refractivity contribution in [2.45, 2.75) is 0 Å². The molecule has 0 saturated carbocycles. The zero-order valence-corrected chi connectivity index (χ0v) is 13.6. The molecule has 0 radical (unpaired) electrons. The highest BCUT2D eigenvalue weighted by Crippen LogP contribution is 2.20. The SMILES string of the molecule is COc1ccc2nc(C(=O)Nc3cnc4ccccc4c3)ccc2c1. The van der Waals surface area contributed by atoms with Crippen LogP contribution >= 0.6 is 0 Å². The third-order valence-corrected chi connectivity index (χ3v) is 3.98. The standard InChI is InChI=1S/C20H15N3O2/c1-25-16-7-9-18-14(11-16)6-8-19(23-18)20(24)22-15-10-13-4-2-3-5-17(13)21-12-15/h2-12H,1H3,(H,22,24). The van der Waals surface area contributed by atoms with Crippen LogP contribution in [-0.4, -0.2) is 23.0 Å². The number of nitrogens with zero attached hydrogens (tertiary/aromatic N) is 2. The van der Waals surface area contributed by atoms with Crippen molar-refractivity contribution in [1.29, 1.82) is 0 Å².